The van der Waals surface area contributed by atoms with E-state index in [4.69, 9.17) is 4.42 Å². The molecular weight excluding hydrogens is 910 g/mol. The molecule has 0 spiro atoms. The average Bonchev–Trinajstić information content (AvgIpc) is 4.00. The van der Waals surface area contributed by atoms with Gasteiger partial charge >= 0.3 is 0 Å². The molecule has 1 saturated carbocycles. The predicted molar refractivity (Wildman–Crippen MR) is 322 cm³/mol. The second-order valence-corrected chi connectivity index (χ2v) is 26.3. The first-order valence-corrected chi connectivity index (χ1v) is 27.7. The van der Waals surface area contributed by atoms with Gasteiger partial charge in [-0.05, 0) is 172 Å². The summed E-state index contributed by atoms with van der Waals surface area (Å²) >= 11 is 0. The normalized spacial score (nSPS) is 19.1. The molecule has 4 heterocycles. The Morgan fingerprint density at radius 3 is 1.72 bits per heavy atom. The summed E-state index contributed by atoms with van der Waals surface area (Å²) in [4.78, 5) is 8.13. The number of anilines is 8. The summed E-state index contributed by atoms with van der Waals surface area (Å²) in [5, 5.41) is 2.26. The van der Waals surface area contributed by atoms with Gasteiger partial charge in [-0.25, -0.2) is 0 Å². The average molecular weight is 982 g/mol. The molecular formula is C70H72BN3O. The van der Waals surface area contributed by atoms with Crippen molar-refractivity contribution in [3.8, 4) is 11.1 Å². The van der Waals surface area contributed by atoms with Gasteiger partial charge in [-0.1, -0.05) is 167 Å². The quantitative estimate of drug-likeness (QED) is 0.164. The van der Waals surface area contributed by atoms with Gasteiger partial charge in [-0.3, -0.25) is 0 Å². The minimum Gasteiger partial charge on any atom is -0.456 e. The lowest BCUT2D eigenvalue weighted by Gasteiger charge is -2.51. The summed E-state index contributed by atoms with van der Waals surface area (Å²) in [6, 6.07) is 58.8. The number of hydrogen-bond acceptors (Lipinski definition) is 4. The highest BCUT2D eigenvalue weighted by atomic mass is 16.3. The van der Waals surface area contributed by atoms with E-state index >= 15 is 0 Å². The summed E-state index contributed by atoms with van der Waals surface area (Å²) in [5.74, 6) is 0. The molecule has 0 radical (unpaired) electrons. The zero-order chi connectivity index (χ0) is 52.3. The van der Waals surface area contributed by atoms with E-state index in [1.165, 1.54) is 120 Å². The van der Waals surface area contributed by atoms with Crippen molar-refractivity contribution in [2.75, 3.05) is 14.7 Å². The fraction of sp³-hybridized carbons (Fsp3) is 0.314. The lowest BCUT2D eigenvalue weighted by molar-refractivity contribution is 0.194. The Hall–Kier alpha value is -6.98. The molecule has 4 nitrogen and oxygen atoms in total. The molecule has 9 aromatic rings. The van der Waals surface area contributed by atoms with Gasteiger partial charge in [0.25, 0.3) is 6.71 Å². The Kier molecular flexibility index (Phi) is 10.3. The van der Waals surface area contributed by atoms with Crippen LogP contribution < -0.4 is 31.1 Å². The van der Waals surface area contributed by atoms with Crippen LogP contribution in [0.4, 0.5) is 45.5 Å². The van der Waals surface area contributed by atoms with Crippen molar-refractivity contribution in [3.05, 3.63) is 185 Å². The second-order valence-electron chi connectivity index (χ2n) is 26.3. The van der Waals surface area contributed by atoms with Crippen LogP contribution in [0.3, 0.4) is 0 Å². The van der Waals surface area contributed by atoms with E-state index in [9.17, 15) is 0 Å². The van der Waals surface area contributed by atoms with E-state index in [1.54, 1.807) is 0 Å². The van der Waals surface area contributed by atoms with E-state index in [2.05, 4.69) is 256 Å². The van der Waals surface area contributed by atoms with Crippen molar-refractivity contribution in [2.24, 2.45) is 0 Å². The monoisotopic (exact) mass is 982 g/mol. The topological polar surface area (TPSA) is 22.9 Å². The Balaban J connectivity index is 1.20. The van der Waals surface area contributed by atoms with Crippen molar-refractivity contribution < 1.29 is 4.42 Å². The molecule has 4 aliphatic rings. The zero-order valence-corrected chi connectivity index (χ0v) is 46.6. The van der Waals surface area contributed by atoms with Gasteiger partial charge < -0.3 is 19.1 Å². The van der Waals surface area contributed by atoms with Crippen LogP contribution in [0, 0.1) is 13.8 Å². The van der Waals surface area contributed by atoms with Gasteiger partial charge in [-0.2, -0.15) is 0 Å². The molecule has 0 amide bonds. The molecule has 8 aromatic carbocycles. The molecule has 13 rings (SSSR count). The fourth-order valence-corrected chi connectivity index (χ4v) is 14.3. The van der Waals surface area contributed by atoms with Gasteiger partial charge in [0.2, 0.25) is 0 Å². The van der Waals surface area contributed by atoms with Gasteiger partial charge in [0.05, 0.1) is 11.2 Å². The second kappa shape index (κ2) is 16.3. The SMILES string of the molecule is Cc1cc(C)c2c(c1)N(c1cc3c4c(c1)N(c1ccc(C(C)(C)C)cc1-c1ccccc1)c1ccc(C(C)(C)C)cc1B4c1cc(C(C)(C)C)ccc1N3c1ccc3oc4ccccc4c3c1)C1(C)CCCCC21C. The summed E-state index contributed by atoms with van der Waals surface area (Å²) < 4.78 is 6.55. The van der Waals surface area contributed by atoms with Crippen molar-refractivity contribution in [3.63, 3.8) is 0 Å². The first-order chi connectivity index (χ1) is 35.6. The highest BCUT2D eigenvalue weighted by Gasteiger charge is 2.59. The van der Waals surface area contributed by atoms with Crippen molar-refractivity contribution >= 4 is 90.5 Å². The minimum absolute atomic E-state index is 0.0318. The lowest BCUT2D eigenvalue weighted by Crippen LogP contribution is -2.62. The highest BCUT2D eigenvalue weighted by Crippen LogP contribution is 2.63. The van der Waals surface area contributed by atoms with E-state index in [0.29, 0.717) is 0 Å². The summed E-state index contributed by atoms with van der Waals surface area (Å²) in [6.45, 7) is 31.0. The van der Waals surface area contributed by atoms with Crippen LogP contribution in [0.5, 0.6) is 0 Å². The van der Waals surface area contributed by atoms with Crippen molar-refractivity contribution in [1.82, 2.24) is 0 Å². The Morgan fingerprint density at radius 1 is 0.480 bits per heavy atom. The van der Waals surface area contributed by atoms with Gasteiger partial charge in [-0.15, -0.1) is 0 Å². The Morgan fingerprint density at radius 2 is 1.05 bits per heavy atom. The molecule has 376 valence electrons. The van der Waals surface area contributed by atoms with E-state index in [1.807, 2.05) is 0 Å². The van der Waals surface area contributed by atoms with Gasteiger partial charge in [0.1, 0.15) is 11.2 Å². The maximum Gasteiger partial charge on any atom is 0.252 e. The lowest BCUT2D eigenvalue weighted by atomic mass is 9.33. The molecule has 1 aliphatic carbocycles. The van der Waals surface area contributed by atoms with Crippen LogP contribution in [-0.2, 0) is 21.7 Å². The van der Waals surface area contributed by atoms with E-state index in [0.717, 1.165) is 34.0 Å². The maximum atomic E-state index is 6.55. The number of benzene rings is 8. The largest absolute Gasteiger partial charge is 0.456 e. The molecule has 2 atom stereocenters. The third-order valence-electron chi connectivity index (χ3n) is 18.4. The molecule has 75 heavy (non-hydrogen) atoms. The number of furan rings is 1. The summed E-state index contributed by atoms with van der Waals surface area (Å²) in [5.41, 5.74) is 25.9. The van der Waals surface area contributed by atoms with E-state index < -0.39 is 0 Å². The van der Waals surface area contributed by atoms with Crippen LogP contribution in [-0.4, -0.2) is 12.3 Å². The number of hydrogen-bond donors (Lipinski definition) is 0. The number of para-hydroxylation sites is 1. The number of rotatable bonds is 4. The zero-order valence-electron chi connectivity index (χ0n) is 46.6. The molecule has 1 fully saturated rings. The molecule has 1 aromatic heterocycles. The number of nitrogens with zero attached hydrogens (tertiary/aromatic N) is 3. The number of aryl methyl sites for hydroxylation is 2. The molecule has 2 unspecified atom stereocenters. The first kappa shape index (κ1) is 47.7. The third-order valence-corrected chi connectivity index (χ3v) is 18.4. The van der Waals surface area contributed by atoms with Crippen LogP contribution in [0.25, 0.3) is 33.1 Å². The molecule has 0 N–H and O–H groups in total. The van der Waals surface area contributed by atoms with Crippen LogP contribution in [0.15, 0.2) is 156 Å². The molecule has 3 aliphatic heterocycles. The van der Waals surface area contributed by atoms with E-state index in [-0.39, 0.29) is 33.9 Å². The van der Waals surface area contributed by atoms with Gasteiger partial charge in [0, 0.05) is 61.6 Å². The van der Waals surface area contributed by atoms with Crippen LogP contribution >= 0.6 is 0 Å². The predicted octanol–water partition coefficient (Wildman–Crippen LogP) is 17.6. The smallest absolute Gasteiger partial charge is 0.252 e. The number of fused-ring (bicyclic) bond motifs is 10. The van der Waals surface area contributed by atoms with Crippen molar-refractivity contribution in [1.29, 1.82) is 0 Å². The van der Waals surface area contributed by atoms with Gasteiger partial charge in [0.15, 0.2) is 0 Å². The standard InChI is InChI=1S/C70H72BN3O/c1-43-35-44(2)64-59(36-43)74(70(13)34-20-19-33-69(64,70)12)50-41-60-65-61(42-50)73(56-29-25-46(66(3,4)5)37-52(56)45-21-15-14-16-22-45)58-31-27-48(68(9,10)11)39-55(58)71(65)54-38-47(67(6,7)8)26-30-57(54)72(60)49-28-32-63-53(40-49)51-23-17-18-24-62(51)75-63/h14-18,21-32,35-42H,19-20,33-34H2,1-13H3. The molecule has 0 bridgehead atoms. The highest BCUT2D eigenvalue weighted by molar-refractivity contribution is 7.00. The Bertz CT molecular complexity index is 3820. The maximum absolute atomic E-state index is 6.55. The molecule has 0 saturated heterocycles. The third kappa shape index (κ3) is 7.08. The van der Waals surface area contributed by atoms with Crippen LogP contribution in [0.1, 0.15) is 135 Å². The van der Waals surface area contributed by atoms with Crippen LogP contribution in [0.2, 0.25) is 0 Å². The minimum atomic E-state index is -0.164. The summed E-state index contributed by atoms with van der Waals surface area (Å²) in [6.07, 6.45) is 4.73. The van der Waals surface area contributed by atoms with Crippen molar-refractivity contribution in [2.45, 2.75) is 143 Å². The summed E-state index contributed by atoms with van der Waals surface area (Å²) in [7, 11) is 0. The first-order valence-electron chi connectivity index (χ1n) is 27.7. The Labute approximate surface area is 446 Å². The molecule has 5 heteroatoms. The fourth-order valence-electron chi connectivity index (χ4n) is 14.3.